The van der Waals surface area contributed by atoms with Crippen molar-refractivity contribution in [1.29, 1.82) is 0 Å². The van der Waals surface area contributed by atoms with Gasteiger partial charge in [0, 0.05) is 0 Å². The van der Waals surface area contributed by atoms with Crippen LogP contribution in [0.15, 0.2) is 36.9 Å². The molecule has 1 rings (SSSR count). The molecular weight excluding hydrogens is 244 g/mol. The lowest BCUT2D eigenvalue weighted by Crippen LogP contribution is -2.14. The van der Waals surface area contributed by atoms with Crippen LogP contribution in [0, 0.1) is 0 Å². The summed E-state index contributed by atoms with van der Waals surface area (Å²) in [4.78, 5) is 0. The van der Waals surface area contributed by atoms with Crippen molar-refractivity contribution >= 4 is 25.1 Å². The molecule has 0 unspecified atom stereocenters. The smallest absolute Gasteiger partial charge is 0.165 e. The molecule has 17 heavy (non-hydrogen) atoms. The first-order valence-corrected chi connectivity index (χ1v) is 8.45. The summed E-state index contributed by atoms with van der Waals surface area (Å²) in [5.41, 5.74) is 1.44. The number of rotatable bonds is 9. The third-order valence-electron chi connectivity index (χ3n) is 2.97. The molecule has 0 aromatic heterocycles. The van der Waals surface area contributed by atoms with Gasteiger partial charge in [-0.1, -0.05) is 49.6 Å². The van der Waals surface area contributed by atoms with Crippen LogP contribution in [-0.4, -0.2) is 8.83 Å². The van der Waals surface area contributed by atoms with Gasteiger partial charge in [0.15, 0.2) is 0 Å². The molecule has 0 aliphatic rings. The Kier molecular flexibility index (Phi) is 8.11. The Hall–Kier alpha value is -0.533. The third kappa shape index (κ3) is 6.09. The summed E-state index contributed by atoms with van der Waals surface area (Å²) in [5.74, 6) is 0. The van der Waals surface area contributed by atoms with Crippen LogP contribution in [0.3, 0.4) is 0 Å². The molecular formula is C15H21ClSi. The maximum atomic E-state index is 5.95. The molecule has 2 radical (unpaired) electrons. The second-order valence-electron chi connectivity index (χ2n) is 4.35. The standard InChI is InChI=1S/C15H21ClSi/c1-2-3-4-5-6-7-8-11-14-12-9-10-13-15(14)17-16/h2,9-10,12-13H,1,3-8,11H2. The van der Waals surface area contributed by atoms with Gasteiger partial charge in [0.1, 0.15) is 0 Å². The van der Waals surface area contributed by atoms with Gasteiger partial charge in [-0.2, -0.15) is 11.1 Å². The van der Waals surface area contributed by atoms with Crippen molar-refractivity contribution < 1.29 is 0 Å². The summed E-state index contributed by atoms with van der Waals surface area (Å²) in [6, 6.07) is 8.54. The minimum atomic E-state index is 0.402. The number of hydrogen-bond acceptors (Lipinski definition) is 0. The molecule has 92 valence electrons. The van der Waals surface area contributed by atoms with Crippen molar-refractivity contribution in [2.24, 2.45) is 0 Å². The lowest BCUT2D eigenvalue weighted by Gasteiger charge is -2.06. The highest BCUT2D eigenvalue weighted by atomic mass is 35.6. The number of halogens is 1. The first-order valence-electron chi connectivity index (χ1n) is 6.44. The Balaban J connectivity index is 2.15. The zero-order valence-electron chi connectivity index (χ0n) is 10.4. The van der Waals surface area contributed by atoms with E-state index in [1.165, 1.54) is 49.3 Å². The second kappa shape index (κ2) is 9.49. The molecule has 1 aromatic rings. The van der Waals surface area contributed by atoms with Crippen molar-refractivity contribution in [1.82, 2.24) is 0 Å². The average Bonchev–Trinajstić information content (AvgIpc) is 2.38. The van der Waals surface area contributed by atoms with E-state index in [4.69, 9.17) is 11.1 Å². The Labute approximate surface area is 113 Å². The lowest BCUT2D eigenvalue weighted by atomic mass is 10.0. The molecule has 0 N–H and O–H groups in total. The Morgan fingerprint density at radius 3 is 2.53 bits per heavy atom. The average molecular weight is 265 g/mol. The SMILES string of the molecule is C=CCCCCCCCc1ccccc1[Si]Cl. The zero-order valence-corrected chi connectivity index (χ0v) is 12.2. The summed E-state index contributed by atoms with van der Waals surface area (Å²) >= 11 is 5.95. The normalized spacial score (nSPS) is 10.4. The molecule has 0 amide bonds. The minimum absolute atomic E-state index is 0.402. The quantitative estimate of drug-likeness (QED) is 0.271. The predicted octanol–water partition coefficient (Wildman–Crippen LogP) is 4.24. The van der Waals surface area contributed by atoms with Crippen LogP contribution >= 0.6 is 11.1 Å². The van der Waals surface area contributed by atoms with Crippen LogP contribution in [0.2, 0.25) is 0 Å². The largest absolute Gasteiger partial charge is 0.210 e. The number of benzene rings is 1. The van der Waals surface area contributed by atoms with Gasteiger partial charge in [-0.15, -0.1) is 6.58 Å². The Morgan fingerprint density at radius 1 is 1.06 bits per heavy atom. The molecule has 0 aliphatic heterocycles. The van der Waals surface area contributed by atoms with E-state index >= 15 is 0 Å². The second-order valence-corrected chi connectivity index (χ2v) is 5.64. The van der Waals surface area contributed by atoms with Crippen LogP contribution in [0.1, 0.15) is 44.1 Å². The van der Waals surface area contributed by atoms with E-state index < -0.39 is 0 Å². The molecule has 0 fully saturated rings. The van der Waals surface area contributed by atoms with E-state index in [2.05, 4.69) is 30.8 Å². The van der Waals surface area contributed by atoms with E-state index in [1.54, 1.807) is 0 Å². The highest BCUT2D eigenvalue weighted by molar-refractivity contribution is 7.01. The molecule has 1 aromatic carbocycles. The van der Waals surface area contributed by atoms with Gasteiger partial charge in [0.05, 0.1) is 0 Å². The van der Waals surface area contributed by atoms with Gasteiger partial charge in [-0.3, -0.25) is 0 Å². The van der Waals surface area contributed by atoms with E-state index in [0.29, 0.717) is 8.83 Å². The zero-order chi connectivity index (χ0) is 12.3. The predicted molar refractivity (Wildman–Crippen MR) is 79.3 cm³/mol. The van der Waals surface area contributed by atoms with Gasteiger partial charge in [0.25, 0.3) is 0 Å². The molecule has 2 heteroatoms. The molecule has 0 bridgehead atoms. The van der Waals surface area contributed by atoms with Crippen LogP contribution in [0.4, 0.5) is 0 Å². The highest BCUT2D eigenvalue weighted by Gasteiger charge is 2.00. The van der Waals surface area contributed by atoms with Crippen LogP contribution in [-0.2, 0) is 6.42 Å². The monoisotopic (exact) mass is 264 g/mol. The molecule has 0 saturated carbocycles. The van der Waals surface area contributed by atoms with Crippen molar-refractivity contribution in [2.45, 2.75) is 44.9 Å². The van der Waals surface area contributed by atoms with Gasteiger partial charge in [0.2, 0.25) is 8.83 Å². The van der Waals surface area contributed by atoms with E-state index in [0.717, 1.165) is 6.42 Å². The van der Waals surface area contributed by atoms with Crippen molar-refractivity contribution in [2.75, 3.05) is 0 Å². The maximum Gasteiger partial charge on any atom is 0.210 e. The molecule has 0 aliphatic carbocycles. The van der Waals surface area contributed by atoms with Gasteiger partial charge in [-0.25, -0.2) is 0 Å². The molecule has 0 saturated heterocycles. The van der Waals surface area contributed by atoms with Crippen molar-refractivity contribution in [3.8, 4) is 0 Å². The molecule has 0 heterocycles. The Bertz CT molecular complexity index is 322. The number of aryl methyl sites for hydroxylation is 1. The maximum absolute atomic E-state index is 5.95. The van der Waals surface area contributed by atoms with Crippen molar-refractivity contribution in [3.05, 3.63) is 42.5 Å². The lowest BCUT2D eigenvalue weighted by molar-refractivity contribution is 0.618. The van der Waals surface area contributed by atoms with Gasteiger partial charge >= 0.3 is 0 Å². The minimum Gasteiger partial charge on any atom is -0.165 e. The van der Waals surface area contributed by atoms with E-state index in [9.17, 15) is 0 Å². The summed E-state index contributed by atoms with van der Waals surface area (Å²) < 4.78 is 0. The Morgan fingerprint density at radius 2 is 1.76 bits per heavy atom. The van der Waals surface area contributed by atoms with E-state index in [1.807, 2.05) is 6.08 Å². The molecule has 0 nitrogen and oxygen atoms in total. The summed E-state index contributed by atoms with van der Waals surface area (Å²) in [6.07, 6.45) is 10.9. The molecule has 0 spiro atoms. The number of allylic oxidation sites excluding steroid dienone is 1. The fourth-order valence-corrected chi connectivity index (χ4v) is 3.01. The summed E-state index contributed by atoms with van der Waals surface area (Å²) in [7, 11) is 0.402. The van der Waals surface area contributed by atoms with E-state index in [-0.39, 0.29) is 0 Å². The molecule has 0 atom stereocenters. The number of hydrogen-bond donors (Lipinski definition) is 0. The topological polar surface area (TPSA) is 0 Å². The first-order chi connectivity index (χ1) is 8.38. The third-order valence-corrected chi connectivity index (χ3v) is 4.28. The van der Waals surface area contributed by atoms with Crippen LogP contribution in [0.5, 0.6) is 0 Å². The van der Waals surface area contributed by atoms with Crippen molar-refractivity contribution in [3.63, 3.8) is 0 Å². The summed E-state index contributed by atoms with van der Waals surface area (Å²) in [6.45, 7) is 3.74. The van der Waals surface area contributed by atoms with Gasteiger partial charge < -0.3 is 0 Å². The number of unbranched alkanes of at least 4 members (excludes halogenated alkanes) is 5. The van der Waals surface area contributed by atoms with Crippen LogP contribution < -0.4 is 5.19 Å². The van der Waals surface area contributed by atoms with Gasteiger partial charge in [-0.05, 0) is 36.4 Å². The first kappa shape index (κ1) is 14.5. The fourth-order valence-electron chi connectivity index (χ4n) is 1.96. The summed E-state index contributed by atoms with van der Waals surface area (Å²) in [5, 5.41) is 1.32. The van der Waals surface area contributed by atoms with Crippen LogP contribution in [0.25, 0.3) is 0 Å². The highest BCUT2D eigenvalue weighted by Crippen LogP contribution is 2.09. The fraction of sp³-hybridized carbons (Fsp3) is 0.467.